The van der Waals surface area contributed by atoms with E-state index in [-0.39, 0.29) is 11.8 Å². The highest BCUT2D eigenvalue weighted by Gasteiger charge is 2.27. The third-order valence-electron chi connectivity index (χ3n) is 5.71. The van der Waals surface area contributed by atoms with Crippen molar-refractivity contribution in [2.24, 2.45) is 5.92 Å². The number of likely N-dealkylation sites (tertiary alicyclic amines) is 1. The lowest BCUT2D eigenvalue weighted by Crippen LogP contribution is -2.40. The van der Waals surface area contributed by atoms with Gasteiger partial charge in [-0.05, 0) is 56.0 Å². The average Bonchev–Trinajstić information content (AvgIpc) is 3.32. The van der Waals surface area contributed by atoms with Gasteiger partial charge in [0.25, 0.3) is 0 Å². The molecular weight excluding hydrogens is 440 g/mol. The first-order chi connectivity index (χ1) is 16.1. The number of nitrogens with one attached hydrogen (secondary N) is 1. The van der Waals surface area contributed by atoms with Gasteiger partial charge >= 0.3 is 0 Å². The van der Waals surface area contributed by atoms with E-state index in [2.05, 4.69) is 20.4 Å². The summed E-state index contributed by atoms with van der Waals surface area (Å²) in [5.74, 6) is 2.23. The second-order valence-corrected chi connectivity index (χ2v) is 8.69. The van der Waals surface area contributed by atoms with Gasteiger partial charge < -0.3 is 19.3 Å². The molecule has 0 spiro atoms. The van der Waals surface area contributed by atoms with E-state index in [1.54, 1.807) is 26.0 Å². The highest BCUT2D eigenvalue weighted by atomic mass is 32.2. The number of carbonyl (C=O) groups excluding carboxylic acids is 1. The van der Waals surface area contributed by atoms with Crippen molar-refractivity contribution in [1.29, 1.82) is 0 Å². The fraction of sp³-hybridized carbons (Fsp3) is 0.375. The predicted molar refractivity (Wildman–Crippen MR) is 128 cm³/mol. The van der Waals surface area contributed by atoms with Crippen LogP contribution in [0.15, 0.2) is 51.9 Å². The maximum absolute atomic E-state index is 12.9. The van der Waals surface area contributed by atoms with Gasteiger partial charge in [0.15, 0.2) is 11.5 Å². The monoisotopic (exact) mass is 468 g/mol. The van der Waals surface area contributed by atoms with E-state index in [1.807, 2.05) is 48.7 Å². The van der Waals surface area contributed by atoms with Crippen molar-refractivity contribution >= 4 is 23.4 Å². The maximum Gasteiger partial charge on any atom is 0.241 e. The minimum absolute atomic E-state index is 0.0535. The van der Waals surface area contributed by atoms with Crippen LogP contribution < -0.4 is 14.8 Å². The lowest BCUT2D eigenvalue weighted by molar-refractivity contribution is -0.121. The predicted octanol–water partition coefficient (Wildman–Crippen LogP) is 4.33. The van der Waals surface area contributed by atoms with Crippen LogP contribution in [0.5, 0.6) is 11.5 Å². The first-order valence-corrected chi connectivity index (χ1v) is 12.0. The number of hydrogen-bond donors (Lipinski definition) is 1. The van der Waals surface area contributed by atoms with Gasteiger partial charge in [-0.1, -0.05) is 17.3 Å². The van der Waals surface area contributed by atoms with E-state index >= 15 is 0 Å². The molecule has 1 aromatic heterocycles. The van der Waals surface area contributed by atoms with Crippen LogP contribution in [-0.2, 0) is 11.3 Å². The molecule has 9 heteroatoms. The number of para-hydroxylation sites is 1. The van der Waals surface area contributed by atoms with Crippen molar-refractivity contribution in [2.45, 2.75) is 24.3 Å². The summed E-state index contributed by atoms with van der Waals surface area (Å²) >= 11 is 1.62. The van der Waals surface area contributed by atoms with Crippen LogP contribution in [0.25, 0.3) is 11.4 Å². The molecule has 33 heavy (non-hydrogen) atoms. The quantitative estimate of drug-likeness (QED) is 0.489. The summed E-state index contributed by atoms with van der Waals surface area (Å²) in [5, 5.41) is 7.22. The molecule has 1 atom stereocenters. The normalized spacial score (nSPS) is 16.4. The average molecular weight is 469 g/mol. The van der Waals surface area contributed by atoms with E-state index in [4.69, 9.17) is 14.0 Å². The number of piperidine rings is 1. The van der Waals surface area contributed by atoms with Gasteiger partial charge in [-0.25, -0.2) is 0 Å². The Morgan fingerprint density at radius 2 is 2.03 bits per heavy atom. The number of methoxy groups -OCH3 is 2. The number of aromatic nitrogens is 2. The van der Waals surface area contributed by atoms with Crippen molar-refractivity contribution in [2.75, 3.05) is 38.9 Å². The Hall–Kier alpha value is -3.04. The lowest BCUT2D eigenvalue weighted by atomic mass is 9.97. The molecule has 1 amide bonds. The minimum atomic E-state index is -0.0816. The molecule has 1 N–H and O–H groups in total. The van der Waals surface area contributed by atoms with E-state index in [0.29, 0.717) is 36.3 Å². The third-order valence-corrected chi connectivity index (χ3v) is 6.51. The fourth-order valence-electron chi connectivity index (χ4n) is 4.00. The van der Waals surface area contributed by atoms with Crippen LogP contribution in [-0.4, -0.2) is 54.5 Å². The fourth-order valence-corrected chi connectivity index (χ4v) is 4.55. The molecule has 1 saturated heterocycles. The number of amides is 1. The van der Waals surface area contributed by atoms with Crippen LogP contribution in [0.3, 0.4) is 0 Å². The Labute approximate surface area is 197 Å². The number of rotatable bonds is 8. The Bertz CT molecular complexity index is 1100. The summed E-state index contributed by atoms with van der Waals surface area (Å²) in [4.78, 5) is 20.7. The van der Waals surface area contributed by atoms with E-state index < -0.39 is 0 Å². The second-order valence-electron chi connectivity index (χ2n) is 7.85. The van der Waals surface area contributed by atoms with Crippen LogP contribution in [0, 0.1) is 5.92 Å². The summed E-state index contributed by atoms with van der Waals surface area (Å²) in [7, 11) is 3.18. The number of benzene rings is 2. The third kappa shape index (κ3) is 5.48. The van der Waals surface area contributed by atoms with Gasteiger partial charge in [0.1, 0.15) is 0 Å². The minimum Gasteiger partial charge on any atom is -0.493 e. The summed E-state index contributed by atoms with van der Waals surface area (Å²) < 4.78 is 16.1. The Balaban J connectivity index is 1.39. The van der Waals surface area contributed by atoms with E-state index in [0.717, 1.165) is 35.5 Å². The standard InChI is InChI=1S/C24H28N4O4S/c1-30-19-11-10-16(13-20(19)31-2)23-26-22(32-27-23)15-28-12-6-7-17(14-28)24(29)25-18-8-4-5-9-21(18)33-3/h4-5,8-11,13,17H,6-7,12,14-15H2,1-3H3,(H,25,29). The van der Waals surface area contributed by atoms with Crippen LogP contribution in [0.4, 0.5) is 5.69 Å². The molecule has 1 unspecified atom stereocenters. The molecule has 1 aliphatic heterocycles. The smallest absolute Gasteiger partial charge is 0.241 e. The van der Waals surface area contributed by atoms with Crippen LogP contribution in [0.1, 0.15) is 18.7 Å². The Morgan fingerprint density at radius 1 is 1.21 bits per heavy atom. The van der Waals surface area contributed by atoms with Crippen molar-refractivity contribution in [3.63, 3.8) is 0 Å². The summed E-state index contributed by atoms with van der Waals surface area (Å²) in [6.45, 7) is 2.05. The molecule has 4 rings (SSSR count). The summed E-state index contributed by atoms with van der Waals surface area (Å²) in [6, 6.07) is 13.4. The summed E-state index contributed by atoms with van der Waals surface area (Å²) in [5.41, 5.74) is 1.65. The van der Waals surface area contributed by atoms with Gasteiger partial charge in [0, 0.05) is 17.0 Å². The first kappa shape index (κ1) is 23.1. The zero-order chi connectivity index (χ0) is 23.2. The van der Waals surface area contributed by atoms with Crippen molar-refractivity contribution in [3.8, 4) is 22.9 Å². The lowest BCUT2D eigenvalue weighted by Gasteiger charge is -2.31. The number of nitrogens with zero attached hydrogens (tertiary/aromatic N) is 3. The second kappa shape index (κ2) is 10.7. The number of anilines is 1. The largest absolute Gasteiger partial charge is 0.493 e. The van der Waals surface area contributed by atoms with Crippen molar-refractivity contribution in [1.82, 2.24) is 15.0 Å². The highest BCUT2D eigenvalue weighted by molar-refractivity contribution is 7.98. The zero-order valence-corrected chi connectivity index (χ0v) is 19.9. The molecule has 2 heterocycles. The van der Waals surface area contributed by atoms with Gasteiger partial charge in [-0.2, -0.15) is 4.98 Å². The molecule has 0 aliphatic carbocycles. The van der Waals surface area contributed by atoms with E-state index in [1.165, 1.54) is 0 Å². The number of ether oxygens (including phenoxy) is 2. The zero-order valence-electron chi connectivity index (χ0n) is 19.0. The molecule has 1 aliphatic rings. The molecule has 3 aromatic rings. The summed E-state index contributed by atoms with van der Waals surface area (Å²) in [6.07, 6.45) is 3.82. The van der Waals surface area contributed by atoms with Crippen LogP contribution in [0.2, 0.25) is 0 Å². The number of thioether (sulfide) groups is 1. The highest BCUT2D eigenvalue weighted by Crippen LogP contribution is 2.31. The Kier molecular flexibility index (Phi) is 7.51. The molecule has 2 aromatic carbocycles. The molecule has 0 saturated carbocycles. The number of hydrogen-bond acceptors (Lipinski definition) is 8. The van der Waals surface area contributed by atoms with E-state index in [9.17, 15) is 4.79 Å². The molecule has 1 fully saturated rings. The topological polar surface area (TPSA) is 89.7 Å². The molecule has 0 radical (unpaired) electrons. The number of carbonyl (C=O) groups is 1. The SMILES string of the molecule is COc1ccc(-c2noc(CN3CCCC(C(=O)Nc4ccccc4SC)C3)n2)cc1OC. The van der Waals surface area contributed by atoms with Crippen molar-refractivity contribution < 1.29 is 18.8 Å². The molecule has 0 bridgehead atoms. The molecule has 174 valence electrons. The maximum atomic E-state index is 12.9. The van der Waals surface area contributed by atoms with Crippen LogP contribution >= 0.6 is 11.8 Å². The van der Waals surface area contributed by atoms with Gasteiger partial charge in [0.2, 0.25) is 17.6 Å². The van der Waals surface area contributed by atoms with Crippen molar-refractivity contribution in [3.05, 3.63) is 48.4 Å². The van der Waals surface area contributed by atoms with Gasteiger partial charge in [0.05, 0.1) is 32.4 Å². The first-order valence-electron chi connectivity index (χ1n) is 10.8. The Morgan fingerprint density at radius 3 is 2.82 bits per heavy atom. The van der Waals surface area contributed by atoms with Gasteiger partial charge in [-0.3, -0.25) is 9.69 Å². The molecule has 8 nitrogen and oxygen atoms in total. The molecular formula is C24H28N4O4S. The van der Waals surface area contributed by atoms with Gasteiger partial charge in [-0.15, -0.1) is 11.8 Å².